The van der Waals surface area contributed by atoms with Crippen LogP contribution in [-0.4, -0.2) is 33.4 Å². The Morgan fingerprint density at radius 3 is 2.45 bits per heavy atom. The molecule has 0 atom stereocenters. The van der Waals surface area contributed by atoms with Gasteiger partial charge in [-0.25, -0.2) is 17.9 Å². The summed E-state index contributed by atoms with van der Waals surface area (Å²) in [6, 6.07) is 12.4. The van der Waals surface area contributed by atoms with Gasteiger partial charge in [-0.2, -0.15) is 5.26 Å². The zero-order valence-electron chi connectivity index (χ0n) is 16.1. The maximum atomic E-state index is 12.1. The Kier molecular flexibility index (Phi) is 7.47. The lowest BCUT2D eigenvalue weighted by atomic mass is 10.1. The van der Waals surface area contributed by atoms with Crippen molar-refractivity contribution in [3.63, 3.8) is 0 Å². The number of carbonyl (C=O) groups is 2. The van der Waals surface area contributed by atoms with Crippen LogP contribution in [0, 0.1) is 25.2 Å². The van der Waals surface area contributed by atoms with Crippen molar-refractivity contribution in [2.24, 2.45) is 0 Å². The number of rotatable bonds is 8. The highest BCUT2D eigenvalue weighted by molar-refractivity contribution is 7.89. The Morgan fingerprint density at radius 2 is 1.79 bits per heavy atom. The zero-order chi connectivity index (χ0) is 21.4. The molecule has 9 heteroatoms. The lowest BCUT2D eigenvalue weighted by Gasteiger charge is -2.11. The Balaban J connectivity index is 1.93. The summed E-state index contributed by atoms with van der Waals surface area (Å²) in [6.07, 6.45) is 0.0494. The zero-order valence-corrected chi connectivity index (χ0v) is 16.9. The van der Waals surface area contributed by atoms with E-state index in [4.69, 9.17) is 10.00 Å². The van der Waals surface area contributed by atoms with Crippen LogP contribution in [0.5, 0.6) is 0 Å². The Hall–Kier alpha value is -3.22. The van der Waals surface area contributed by atoms with E-state index in [0.29, 0.717) is 5.69 Å². The number of carbonyl (C=O) groups excluding carboxylic acids is 2. The molecule has 0 heterocycles. The van der Waals surface area contributed by atoms with Gasteiger partial charge in [-0.3, -0.25) is 4.79 Å². The molecule has 152 valence electrons. The fraction of sp³-hybridized carbons (Fsp3) is 0.250. The number of hydrogen-bond donors (Lipinski definition) is 2. The summed E-state index contributed by atoms with van der Waals surface area (Å²) in [5, 5.41) is 11.1. The van der Waals surface area contributed by atoms with Crippen LogP contribution in [-0.2, 0) is 19.6 Å². The minimum atomic E-state index is -3.76. The number of nitrogens with one attached hydrogen (secondary N) is 2. The van der Waals surface area contributed by atoms with E-state index >= 15 is 0 Å². The Bertz CT molecular complexity index is 1040. The predicted octanol–water partition coefficient (Wildman–Crippen LogP) is 2.29. The highest BCUT2D eigenvalue weighted by atomic mass is 32.2. The number of nitriles is 1. The van der Waals surface area contributed by atoms with Crippen LogP contribution >= 0.6 is 0 Å². The third-order valence-electron chi connectivity index (χ3n) is 4.14. The maximum absolute atomic E-state index is 12.1. The minimum absolute atomic E-state index is 0.00183. The van der Waals surface area contributed by atoms with Gasteiger partial charge in [0.2, 0.25) is 10.0 Å². The average molecular weight is 415 g/mol. The molecule has 0 aliphatic rings. The summed E-state index contributed by atoms with van der Waals surface area (Å²) in [5.41, 5.74) is 2.70. The van der Waals surface area contributed by atoms with Crippen LogP contribution in [0.15, 0.2) is 47.4 Å². The molecular formula is C20H21N3O5S. The van der Waals surface area contributed by atoms with E-state index in [1.54, 1.807) is 6.07 Å². The van der Waals surface area contributed by atoms with E-state index in [2.05, 4.69) is 10.0 Å². The van der Waals surface area contributed by atoms with Crippen molar-refractivity contribution in [3.05, 3.63) is 59.2 Å². The van der Waals surface area contributed by atoms with Gasteiger partial charge in [0.15, 0.2) is 6.61 Å². The van der Waals surface area contributed by atoms with Gasteiger partial charge >= 0.3 is 5.97 Å². The summed E-state index contributed by atoms with van der Waals surface area (Å²) >= 11 is 0. The Morgan fingerprint density at radius 1 is 1.10 bits per heavy atom. The van der Waals surface area contributed by atoms with Gasteiger partial charge in [0.25, 0.3) is 5.91 Å². The average Bonchev–Trinajstić information content (AvgIpc) is 2.70. The van der Waals surface area contributed by atoms with Gasteiger partial charge in [0.1, 0.15) is 0 Å². The summed E-state index contributed by atoms with van der Waals surface area (Å²) in [4.78, 5) is 24.1. The lowest BCUT2D eigenvalue weighted by molar-refractivity contribution is -0.119. The van der Waals surface area contributed by atoms with E-state index in [9.17, 15) is 18.0 Å². The number of anilines is 1. The fourth-order valence-electron chi connectivity index (χ4n) is 2.38. The van der Waals surface area contributed by atoms with Gasteiger partial charge in [-0.1, -0.05) is 12.1 Å². The van der Waals surface area contributed by atoms with Gasteiger partial charge in [-0.15, -0.1) is 0 Å². The number of hydrogen-bond acceptors (Lipinski definition) is 6. The standard InChI is InChI=1S/C20H21N3O5S/c1-14-5-3-6-18(15(14)2)23-19(24)13-28-20(25)16-7-9-17(10-8-16)29(26,27)22-12-4-11-21/h3,5-10,22H,4,12-13H2,1-2H3,(H,23,24). The van der Waals surface area contributed by atoms with Crippen LogP contribution in [0.4, 0.5) is 5.69 Å². The van der Waals surface area contributed by atoms with Gasteiger partial charge < -0.3 is 10.1 Å². The summed E-state index contributed by atoms with van der Waals surface area (Å²) in [5.74, 6) is -1.23. The molecule has 8 nitrogen and oxygen atoms in total. The number of aryl methyl sites for hydroxylation is 1. The first-order chi connectivity index (χ1) is 13.7. The van der Waals surface area contributed by atoms with E-state index in [-0.39, 0.29) is 23.4 Å². The van der Waals surface area contributed by atoms with Crippen LogP contribution < -0.4 is 10.0 Å². The number of nitrogens with zero attached hydrogens (tertiary/aromatic N) is 1. The van der Waals surface area contributed by atoms with Crippen molar-refractivity contribution < 1.29 is 22.7 Å². The SMILES string of the molecule is Cc1cccc(NC(=O)COC(=O)c2ccc(S(=O)(=O)NCCC#N)cc2)c1C. The van der Waals surface area contributed by atoms with E-state index in [1.807, 2.05) is 32.0 Å². The minimum Gasteiger partial charge on any atom is -0.452 e. The van der Waals surface area contributed by atoms with E-state index in [1.165, 1.54) is 24.3 Å². The molecule has 0 fully saturated rings. The molecule has 0 aliphatic heterocycles. The van der Waals surface area contributed by atoms with E-state index in [0.717, 1.165) is 11.1 Å². The molecule has 0 saturated carbocycles. The second-order valence-electron chi connectivity index (χ2n) is 6.20. The lowest BCUT2D eigenvalue weighted by Crippen LogP contribution is -2.24. The number of ether oxygens (including phenoxy) is 1. The molecule has 2 rings (SSSR count). The predicted molar refractivity (Wildman–Crippen MR) is 107 cm³/mol. The second kappa shape index (κ2) is 9.82. The van der Waals surface area contributed by atoms with Gasteiger partial charge in [0, 0.05) is 18.7 Å². The molecule has 0 aliphatic carbocycles. The molecule has 1 amide bonds. The quantitative estimate of drug-likeness (QED) is 0.503. The molecule has 0 aromatic heterocycles. The smallest absolute Gasteiger partial charge is 0.338 e. The van der Waals surface area contributed by atoms with Crippen molar-refractivity contribution in [3.8, 4) is 6.07 Å². The molecule has 2 N–H and O–H groups in total. The molecule has 0 bridgehead atoms. The molecule has 0 radical (unpaired) electrons. The molecule has 0 unspecified atom stereocenters. The van der Waals surface area contributed by atoms with Gasteiger partial charge in [-0.05, 0) is 55.3 Å². The summed E-state index contributed by atoms with van der Waals surface area (Å²) in [7, 11) is -3.76. The van der Waals surface area contributed by atoms with Crippen molar-refractivity contribution >= 4 is 27.6 Å². The highest BCUT2D eigenvalue weighted by Crippen LogP contribution is 2.18. The molecule has 29 heavy (non-hydrogen) atoms. The van der Waals surface area contributed by atoms with Crippen LogP contribution in [0.2, 0.25) is 0 Å². The third-order valence-corrected chi connectivity index (χ3v) is 5.62. The Labute approximate surface area is 169 Å². The van der Waals surface area contributed by atoms with E-state index < -0.39 is 28.5 Å². The summed E-state index contributed by atoms with van der Waals surface area (Å²) in [6.45, 7) is 3.33. The van der Waals surface area contributed by atoms with Crippen LogP contribution in [0.25, 0.3) is 0 Å². The first-order valence-corrected chi connectivity index (χ1v) is 10.2. The third kappa shape index (κ3) is 6.14. The van der Waals surface area contributed by atoms with Crippen molar-refractivity contribution in [1.82, 2.24) is 4.72 Å². The first kappa shape index (κ1) is 22.1. The molecule has 2 aromatic rings. The fourth-order valence-corrected chi connectivity index (χ4v) is 3.41. The number of sulfonamides is 1. The molecule has 2 aromatic carbocycles. The largest absolute Gasteiger partial charge is 0.452 e. The number of benzene rings is 2. The maximum Gasteiger partial charge on any atom is 0.338 e. The highest BCUT2D eigenvalue weighted by Gasteiger charge is 2.16. The molecule has 0 saturated heterocycles. The normalized spacial score (nSPS) is 10.8. The topological polar surface area (TPSA) is 125 Å². The number of amides is 1. The van der Waals surface area contributed by atoms with Gasteiger partial charge in [0.05, 0.1) is 16.5 Å². The van der Waals surface area contributed by atoms with Crippen molar-refractivity contribution in [2.75, 3.05) is 18.5 Å². The van der Waals surface area contributed by atoms with Crippen LogP contribution in [0.1, 0.15) is 27.9 Å². The monoisotopic (exact) mass is 415 g/mol. The van der Waals surface area contributed by atoms with Crippen molar-refractivity contribution in [1.29, 1.82) is 5.26 Å². The van der Waals surface area contributed by atoms with Crippen LogP contribution in [0.3, 0.4) is 0 Å². The van der Waals surface area contributed by atoms with Crippen molar-refractivity contribution in [2.45, 2.75) is 25.2 Å². The first-order valence-electron chi connectivity index (χ1n) is 8.74. The second-order valence-corrected chi connectivity index (χ2v) is 7.97. The molecule has 0 spiro atoms. The number of esters is 1. The molecular weight excluding hydrogens is 394 g/mol. The summed E-state index contributed by atoms with van der Waals surface area (Å²) < 4.78 is 31.3.